The number of fused-ring (bicyclic) bond motifs is 1. The number of aromatic nitrogens is 3. The zero-order chi connectivity index (χ0) is 25.1. The Morgan fingerprint density at radius 3 is 2.83 bits per heavy atom. The Balaban J connectivity index is 1.34. The van der Waals surface area contributed by atoms with Gasteiger partial charge in [0.2, 0.25) is 5.91 Å². The third-order valence-corrected chi connectivity index (χ3v) is 6.65. The molecule has 2 heterocycles. The number of ether oxygens (including phenoxy) is 2. The molecule has 186 valence electrons. The Hall–Kier alpha value is -3.91. The molecule has 8 nitrogen and oxygen atoms in total. The zero-order valence-corrected chi connectivity index (χ0v) is 20.6. The van der Waals surface area contributed by atoms with Crippen LogP contribution in [0.2, 0.25) is 0 Å². The summed E-state index contributed by atoms with van der Waals surface area (Å²) in [6.45, 7) is 2.57. The van der Waals surface area contributed by atoms with Crippen LogP contribution in [-0.2, 0) is 16.1 Å². The van der Waals surface area contributed by atoms with Crippen LogP contribution < -0.4 is 15.8 Å². The van der Waals surface area contributed by atoms with Crippen molar-refractivity contribution in [2.24, 2.45) is 5.92 Å². The molecule has 1 saturated carbocycles. The fraction of sp³-hybridized carbons (Fsp3) is 0.321. The number of benzene rings is 2. The third kappa shape index (κ3) is 4.90. The average Bonchev–Trinajstić information content (AvgIpc) is 3.23. The number of nitrogens with two attached hydrogens (primary N) is 1. The number of methoxy groups -OCH3 is 1. The van der Waals surface area contributed by atoms with Gasteiger partial charge in [-0.2, -0.15) is 0 Å². The van der Waals surface area contributed by atoms with Crippen LogP contribution in [0.4, 0.5) is 11.5 Å². The highest BCUT2D eigenvalue weighted by Gasteiger charge is 2.27. The first-order chi connectivity index (χ1) is 17.5. The van der Waals surface area contributed by atoms with E-state index in [1.54, 1.807) is 13.3 Å². The summed E-state index contributed by atoms with van der Waals surface area (Å²) in [7, 11) is 1.59. The molecule has 0 saturated heterocycles. The first-order valence-electron chi connectivity index (χ1n) is 12.3. The maximum Gasteiger partial charge on any atom is 0.229 e. The molecule has 36 heavy (non-hydrogen) atoms. The minimum Gasteiger partial charge on any atom is -0.489 e. The fourth-order valence-electron chi connectivity index (χ4n) is 4.47. The van der Waals surface area contributed by atoms with E-state index in [0.717, 1.165) is 52.4 Å². The highest BCUT2D eigenvalue weighted by molar-refractivity contribution is 5.92. The van der Waals surface area contributed by atoms with Gasteiger partial charge in [0.25, 0.3) is 0 Å². The maximum atomic E-state index is 12.3. The van der Waals surface area contributed by atoms with Crippen molar-refractivity contribution in [3.8, 4) is 17.0 Å². The summed E-state index contributed by atoms with van der Waals surface area (Å²) in [5.41, 5.74) is 10.6. The van der Waals surface area contributed by atoms with E-state index in [-0.39, 0.29) is 11.8 Å². The number of hydrogen-bond acceptors (Lipinski definition) is 6. The van der Waals surface area contributed by atoms with Gasteiger partial charge in [0.1, 0.15) is 35.2 Å². The van der Waals surface area contributed by atoms with Crippen LogP contribution in [0, 0.1) is 5.92 Å². The van der Waals surface area contributed by atoms with Crippen molar-refractivity contribution in [2.75, 3.05) is 24.8 Å². The molecule has 3 N–H and O–H groups in total. The Kier molecular flexibility index (Phi) is 6.86. The van der Waals surface area contributed by atoms with Gasteiger partial charge >= 0.3 is 0 Å². The van der Waals surface area contributed by atoms with E-state index < -0.39 is 0 Å². The summed E-state index contributed by atoms with van der Waals surface area (Å²) in [6, 6.07) is 15.5. The lowest BCUT2D eigenvalue weighted by molar-refractivity contribution is -0.120. The largest absolute Gasteiger partial charge is 0.489 e. The molecule has 0 aliphatic heterocycles. The Morgan fingerprint density at radius 1 is 1.22 bits per heavy atom. The smallest absolute Gasteiger partial charge is 0.229 e. The third-order valence-electron chi connectivity index (χ3n) is 6.65. The maximum absolute atomic E-state index is 12.3. The Bertz CT molecular complexity index is 1380. The highest BCUT2D eigenvalue weighted by atomic mass is 16.5. The van der Waals surface area contributed by atoms with Crippen LogP contribution in [-0.4, -0.2) is 34.0 Å². The summed E-state index contributed by atoms with van der Waals surface area (Å²) >= 11 is 0. The van der Waals surface area contributed by atoms with Crippen LogP contribution in [0.15, 0.2) is 60.9 Å². The second-order valence-electron chi connectivity index (χ2n) is 9.34. The van der Waals surface area contributed by atoms with E-state index in [2.05, 4.69) is 14.7 Å². The number of carbonyl (C=O) groups excluding carboxylic acids is 1. The van der Waals surface area contributed by atoms with Crippen molar-refractivity contribution in [3.63, 3.8) is 0 Å². The molecular formula is C28H31N5O3. The van der Waals surface area contributed by atoms with Crippen LogP contribution in [0.5, 0.6) is 5.75 Å². The topological polar surface area (TPSA) is 104 Å². The van der Waals surface area contributed by atoms with Gasteiger partial charge < -0.3 is 20.5 Å². The quantitative estimate of drug-likeness (QED) is 0.344. The van der Waals surface area contributed by atoms with Crippen molar-refractivity contribution in [1.29, 1.82) is 0 Å². The molecule has 1 fully saturated rings. The Labute approximate surface area is 210 Å². The Morgan fingerprint density at radius 2 is 2.06 bits per heavy atom. The molecule has 1 aliphatic carbocycles. The SMILES string of the molecule is COCC(C)C(=O)Nc1cccc(COc2cccc(-c3nc(C4CCC4)n4ccnc(N)c34)c2)c1. The van der Waals surface area contributed by atoms with Crippen molar-refractivity contribution in [3.05, 3.63) is 72.3 Å². The first kappa shape index (κ1) is 23.8. The number of imidazole rings is 1. The van der Waals surface area contributed by atoms with E-state index in [0.29, 0.717) is 24.9 Å². The van der Waals surface area contributed by atoms with Gasteiger partial charge in [-0.15, -0.1) is 0 Å². The van der Waals surface area contributed by atoms with E-state index in [9.17, 15) is 4.79 Å². The predicted molar refractivity (Wildman–Crippen MR) is 140 cm³/mol. The van der Waals surface area contributed by atoms with Crippen molar-refractivity contribution in [1.82, 2.24) is 14.4 Å². The number of nitrogens with zero attached hydrogens (tertiary/aromatic N) is 3. The molecule has 8 heteroatoms. The van der Waals surface area contributed by atoms with Gasteiger partial charge in [0, 0.05) is 36.7 Å². The molecule has 5 rings (SSSR count). The predicted octanol–water partition coefficient (Wildman–Crippen LogP) is 5.05. The fourth-order valence-corrected chi connectivity index (χ4v) is 4.47. The lowest BCUT2D eigenvalue weighted by Crippen LogP contribution is -2.23. The van der Waals surface area contributed by atoms with E-state index >= 15 is 0 Å². The molecule has 0 radical (unpaired) electrons. The van der Waals surface area contributed by atoms with E-state index in [4.69, 9.17) is 20.2 Å². The lowest BCUT2D eigenvalue weighted by Gasteiger charge is -2.23. The number of carbonyl (C=O) groups is 1. The molecule has 1 unspecified atom stereocenters. The summed E-state index contributed by atoms with van der Waals surface area (Å²) in [5.74, 6) is 2.39. The highest BCUT2D eigenvalue weighted by Crippen LogP contribution is 2.39. The number of amides is 1. The molecule has 2 aromatic carbocycles. The second-order valence-corrected chi connectivity index (χ2v) is 9.34. The monoisotopic (exact) mass is 485 g/mol. The van der Waals surface area contributed by atoms with Gasteiger partial charge in [-0.05, 0) is 42.7 Å². The van der Waals surface area contributed by atoms with Crippen LogP contribution in [0.25, 0.3) is 16.8 Å². The van der Waals surface area contributed by atoms with Crippen LogP contribution >= 0.6 is 0 Å². The normalized spacial score (nSPS) is 14.4. The van der Waals surface area contributed by atoms with Crippen LogP contribution in [0.3, 0.4) is 0 Å². The summed E-state index contributed by atoms with van der Waals surface area (Å²) in [6.07, 6.45) is 7.20. The second kappa shape index (κ2) is 10.4. The molecular weight excluding hydrogens is 454 g/mol. The number of rotatable bonds is 9. The minimum absolute atomic E-state index is 0.0788. The molecule has 4 aromatic rings. The first-order valence-corrected chi connectivity index (χ1v) is 12.3. The van der Waals surface area contributed by atoms with Gasteiger partial charge in [-0.1, -0.05) is 37.6 Å². The minimum atomic E-state index is -0.231. The average molecular weight is 486 g/mol. The molecule has 1 atom stereocenters. The van der Waals surface area contributed by atoms with Crippen LogP contribution in [0.1, 0.15) is 43.5 Å². The van der Waals surface area contributed by atoms with Crippen molar-refractivity contribution < 1.29 is 14.3 Å². The van der Waals surface area contributed by atoms with E-state index in [1.165, 1.54) is 6.42 Å². The zero-order valence-electron chi connectivity index (χ0n) is 20.6. The van der Waals surface area contributed by atoms with Gasteiger partial charge in [-0.25, -0.2) is 9.97 Å². The molecule has 1 aliphatic rings. The number of nitrogens with one attached hydrogen (secondary N) is 1. The van der Waals surface area contributed by atoms with Gasteiger partial charge in [0.15, 0.2) is 0 Å². The summed E-state index contributed by atoms with van der Waals surface area (Å²) in [5, 5.41) is 2.94. The van der Waals surface area contributed by atoms with Gasteiger partial charge in [0.05, 0.1) is 12.5 Å². The number of nitrogen functional groups attached to an aromatic ring is 1. The lowest BCUT2D eigenvalue weighted by atomic mass is 9.85. The molecule has 1 amide bonds. The van der Waals surface area contributed by atoms with Crippen molar-refractivity contribution >= 4 is 22.9 Å². The van der Waals surface area contributed by atoms with Gasteiger partial charge in [-0.3, -0.25) is 9.20 Å². The standard InChI is InChI=1S/C28H31N5O3/c1-18(16-35-2)28(34)31-22-10-3-6-19(14-22)17-36-23-11-5-9-21(15-23)24-25-26(29)30-12-13-33(25)27(32-24)20-7-4-8-20/h3,5-6,9-15,18,20H,4,7-8,16-17H2,1-2H3,(H2,29,30)(H,31,34). The summed E-state index contributed by atoms with van der Waals surface area (Å²) in [4.78, 5) is 21.6. The number of anilines is 2. The molecule has 0 spiro atoms. The molecule has 0 bridgehead atoms. The van der Waals surface area contributed by atoms with E-state index in [1.807, 2.05) is 61.7 Å². The molecule has 2 aromatic heterocycles. The van der Waals surface area contributed by atoms with Crippen molar-refractivity contribution in [2.45, 2.75) is 38.7 Å². The summed E-state index contributed by atoms with van der Waals surface area (Å²) < 4.78 is 13.3. The number of hydrogen-bond donors (Lipinski definition) is 2.